The summed E-state index contributed by atoms with van der Waals surface area (Å²) in [7, 11) is -3.53. The Labute approximate surface area is 150 Å². The fourth-order valence-electron chi connectivity index (χ4n) is 3.44. The first-order chi connectivity index (χ1) is 12.0. The Morgan fingerprint density at radius 3 is 2.44 bits per heavy atom. The zero-order chi connectivity index (χ0) is 17.9. The number of aryl methyl sites for hydroxylation is 1. The van der Waals surface area contributed by atoms with Crippen molar-refractivity contribution in [1.29, 1.82) is 0 Å². The molecular formula is C20H25NO3S. The van der Waals surface area contributed by atoms with Gasteiger partial charge in [0.05, 0.1) is 11.0 Å². The molecule has 2 aromatic carbocycles. The molecule has 134 valence electrons. The van der Waals surface area contributed by atoms with Crippen LogP contribution in [0.3, 0.4) is 0 Å². The summed E-state index contributed by atoms with van der Waals surface area (Å²) in [5.74, 6) is 0. The van der Waals surface area contributed by atoms with Crippen molar-refractivity contribution in [2.24, 2.45) is 0 Å². The van der Waals surface area contributed by atoms with Crippen LogP contribution >= 0.6 is 0 Å². The summed E-state index contributed by atoms with van der Waals surface area (Å²) in [4.78, 5) is 0.333. The Morgan fingerprint density at radius 2 is 1.76 bits per heavy atom. The van der Waals surface area contributed by atoms with E-state index in [2.05, 4.69) is 0 Å². The summed E-state index contributed by atoms with van der Waals surface area (Å²) in [5, 5.41) is 10.5. The molecule has 0 saturated carbocycles. The monoisotopic (exact) mass is 359 g/mol. The van der Waals surface area contributed by atoms with Crippen molar-refractivity contribution in [1.82, 2.24) is 4.31 Å². The highest BCUT2D eigenvalue weighted by atomic mass is 32.2. The molecule has 2 atom stereocenters. The van der Waals surface area contributed by atoms with E-state index in [4.69, 9.17) is 0 Å². The van der Waals surface area contributed by atoms with Crippen LogP contribution in [-0.4, -0.2) is 30.4 Å². The minimum Gasteiger partial charge on any atom is -0.388 e. The lowest BCUT2D eigenvalue weighted by Gasteiger charge is -2.35. The molecule has 1 aliphatic rings. The molecule has 0 amide bonds. The maximum atomic E-state index is 13.1. The molecule has 0 spiro atoms. The molecule has 0 bridgehead atoms. The van der Waals surface area contributed by atoms with Crippen molar-refractivity contribution >= 4 is 10.0 Å². The van der Waals surface area contributed by atoms with E-state index in [1.165, 1.54) is 0 Å². The summed E-state index contributed by atoms with van der Waals surface area (Å²) in [6.45, 7) is 2.46. The summed E-state index contributed by atoms with van der Waals surface area (Å²) >= 11 is 0. The number of piperidine rings is 1. The number of benzene rings is 2. The third-order valence-corrected chi connectivity index (χ3v) is 6.85. The van der Waals surface area contributed by atoms with E-state index >= 15 is 0 Å². The maximum Gasteiger partial charge on any atom is 0.243 e. The Bertz CT molecular complexity index is 787. The largest absolute Gasteiger partial charge is 0.388 e. The number of aliphatic hydroxyl groups is 1. The summed E-state index contributed by atoms with van der Waals surface area (Å²) in [5.41, 5.74) is 1.87. The summed E-state index contributed by atoms with van der Waals surface area (Å²) in [6, 6.07) is 16.3. The fraction of sp³-hybridized carbons (Fsp3) is 0.400. The topological polar surface area (TPSA) is 57.6 Å². The quantitative estimate of drug-likeness (QED) is 0.886. The lowest BCUT2D eigenvalue weighted by molar-refractivity contribution is 0.118. The predicted molar refractivity (Wildman–Crippen MR) is 98.7 cm³/mol. The first kappa shape index (κ1) is 18.1. The Hall–Kier alpha value is -1.69. The number of nitrogens with zero attached hydrogens (tertiary/aromatic N) is 1. The standard InChI is InChI=1S/C20H25NO3S/c1-16-10-12-19(13-11-16)25(23,24)21-14-6-5-9-18(21)15-20(22)17-7-3-2-4-8-17/h2-4,7-8,10-13,18,20,22H,5-6,9,14-15H2,1H3/t18-,20+/m1/s1. The number of hydrogen-bond acceptors (Lipinski definition) is 3. The van der Waals surface area contributed by atoms with Gasteiger partial charge in [0.1, 0.15) is 0 Å². The van der Waals surface area contributed by atoms with Crippen LogP contribution in [0.1, 0.15) is 42.9 Å². The molecule has 1 N–H and O–H groups in total. The van der Waals surface area contributed by atoms with E-state index in [0.29, 0.717) is 17.9 Å². The molecule has 25 heavy (non-hydrogen) atoms. The van der Waals surface area contributed by atoms with Gasteiger partial charge >= 0.3 is 0 Å². The van der Waals surface area contributed by atoms with Gasteiger partial charge in [-0.25, -0.2) is 8.42 Å². The van der Waals surface area contributed by atoms with Gasteiger partial charge < -0.3 is 5.11 Å². The molecule has 4 nitrogen and oxygen atoms in total. The molecule has 0 unspecified atom stereocenters. The van der Waals surface area contributed by atoms with Crippen LogP contribution in [0.5, 0.6) is 0 Å². The molecule has 3 rings (SSSR count). The highest BCUT2D eigenvalue weighted by molar-refractivity contribution is 7.89. The summed E-state index contributed by atoms with van der Waals surface area (Å²) < 4.78 is 27.7. The summed E-state index contributed by atoms with van der Waals surface area (Å²) in [6.07, 6.45) is 2.42. The van der Waals surface area contributed by atoms with E-state index in [-0.39, 0.29) is 6.04 Å². The SMILES string of the molecule is Cc1ccc(S(=O)(=O)N2CCCC[C@@H]2C[C@H](O)c2ccccc2)cc1. The second-order valence-electron chi connectivity index (χ2n) is 6.74. The zero-order valence-corrected chi connectivity index (χ0v) is 15.3. The van der Waals surface area contributed by atoms with Crippen molar-refractivity contribution < 1.29 is 13.5 Å². The minimum absolute atomic E-state index is 0.171. The highest BCUT2D eigenvalue weighted by Crippen LogP contribution is 2.31. The van der Waals surface area contributed by atoms with E-state index in [0.717, 1.165) is 30.4 Å². The molecule has 1 saturated heterocycles. The minimum atomic E-state index is -3.53. The van der Waals surface area contributed by atoms with Crippen LogP contribution in [0.25, 0.3) is 0 Å². The van der Waals surface area contributed by atoms with Gasteiger partial charge in [-0.2, -0.15) is 4.31 Å². The predicted octanol–water partition coefficient (Wildman–Crippen LogP) is 3.66. The smallest absolute Gasteiger partial charge is 0.243 e. The molecule has 0 aliphatic carbocycles. The van der Waals surface area contributed by atoms with Crippen LogP contribution in [0.15, 0.2) is 59.5 Å². The number of aliphatic hydroxyl groups excluding tert-OH is 1. The third-order valence-electron chi connectivity index (χ3n) is 4.88. The van der Waals surface area contributed by atoms with Gasteiger partial charge in [-0.1, -0.05) is 54.4 Å². The van der Waals surface area contributed by atoms with Crippen molar-refractivity contribution in [2.75, 3.05) is 6.54 Å². The van der Waals surface area contributed by atoms with E-state index in [1.54, 1.807) is 16.4 Å². The van der Waals surface area contributed by atoms with Crippen molar-refractivity contribution in [3.8, 4) is 0 Å². The van der Waals surface area contributed by atoms with E-state index < -0.39 is 16.1 Å². The number of rotatable bonds is 5. The lowest BCUT2D eigenvalue weighted by atomic mass is 9.96. The third kappa shape index (κ3) is 4.11. The Balaban J connectivity index is 1.82. The highest BCUT2D eigenvalue weighted by Gasteiger charge is 2.34. The molecule has 5 heteroatoms. The average molecular weight is 359 g/mol. The van der Waals surface area contributed by atoms with Crippen molar-refractivity contribution in [2.45, 2.75) is 49.6 Å². The number of hydrogen-bond donors (Lipinski definition) is 1. The first-order valence-corrected chi connectivity index (χ1v) is 10.2. The molecule has 1 heterocycles. The van der Waals surface area contributed by atoms with E-state index in [1.807, 2.05) is 49.4 Å². The van der Waals surface area contributed by atoms with Gasteiger partial charge in [-0.3, -0.25) is 0 Å². The van der Waals surface area contributed by atoms with Gasteiger partial charge in [0, 0.05) is 12.6 Å². The molecule has 0 aromatic heterocycles. The van der Waals surface area contributed by atoms with Crippen LogP contribution in [0.4, 0.5) is 0 Å². The lowest BCUT2D eigenvalue weighted by Crippen LogP contribution is -2.44. The number of sulfonamides is 1. The Kier molecular flexibility index (Phi) is 5.57. The van der Waals surface area contributed by atoms with Crippen molar-refractivity contribution in [3.63, 3.8) is 0 Å². The molecule has 0 radical (unpaired) electrons. The second-order valence-corrected chi connectivity index (χ2v) is 8.63. The van der Waals surface area contributed by atoms with Gasteiger partial charge in [-0.05, 0) is 43.9 Å². The van der Waals surface area contributed by atoms with Gasteiger partial charge in [0.25, 0.3) is 0 Å². The van der Waals surface area contributed by atoms with E-state index in [9.17, 15) is 13.5 Å². The van der Waals surface area contributed by atoms with Crippen molar-refractivity contribution in [3.05, 3.63) is 65.7 Å². The zero-order valence-electron chi connectivity index (χ0n) is 14.5. The van der Waals surface area contributed by atoms with Crippen LogP contribution < -0.4 is 0 Å². The maximum absolute atomic E-state index is 13.1. The molecule has 1 aliphatic heterocycles. The average Bonchev–Trinajstić information content (AvgIpc) is 2.63. The molecular weight excluding hydrogens is 334 g/mol. The Morgan fingerprint density at radius 1 is 1.08 bits per heavy atom. The normalized spacial score (nSPS) is 20.3. The fourth-order valence-corrected chi connectivity index (χ4v) is 5.14. The molecule has 1 fully saturated rings. The van der Waals surface area contributed by atoms with Crippen LogP contribution in [0.2, 0.25) is 0 Å². The van der Waals surface area contributed by atoms with Gasteiger partial charge in [0.2, 0.25) is 10.0 Å². The van der Waals surface area contributed by atoms with Gasteiger partial charge in [-0.15, -0.1) is 0 Å². The molecule has 2 aromatic rings. The van der Waals surface area contributed by atoms with Gasteiger partial charge in [0.15, 0.2) is 0 Å². The van der Waals surface area contributed by atoms with Crippen LogP contribution in [0, 0.1) is 6.92 Å². The second kappa shape index (κ2) is 7.68. The van der Waals surface area contributed by atoms with Crippen LogP contribution in [-0.2, 0) is 10.0 Å². The first-order valence-electron chi connectivity index (χ1n) is 8.80.